The zero-order chi connectivity index (χ0) is 16.9. The highest BCUT2D eigenvalue weighted by atomic mass is 16.5. The maximum atomic E-state index is 11.7. The van der Waals surface area contributed by atoms with Crippen LogP contribution in [0.5, 0.6) is 0 Å². The van der Waals surface area contributed by atoms with Crippen molar-refractivity contribution in [3.63, 3.8) is 0 Å². The highest BCUT2D eigenvalue weighted by Gasteiger charge is 2.08. The van der Waals surface area contributed by atoms with Gasteiger partial charge in [0.15, 0.2) is 0 Å². The van der Waals surface area contributed by atoms with Crippen LogP contribution in [0, 0.1) is 6.92 Å². The normalized spacial score (nSPS) is 10.8. The van der Waals surface area contributed by atoms with Crippen LogP contribution in [-0.4, -0.2) is 46.0 Å². The number of carbonyl (C=O) groups excluding carboxylic acids is 1. The van der Waals surface area contributed by atoms with Gasteiger partial charge in [0.05, 0.1) is 30.2 Å². The molecule has 3 heterocycles. The summed E-state index contributed by atoms with van der Waals surface area (Å²) in [4.78, 5) is 20.2. The van der Waals surface area contributed by atoms with E-state index < -0.39 is 0 Å². The van der Waals surface area contributed by atoms with E-state index in [0.29, 0.717) is 19.0 Å². The van der Waals surface area contributed by atoms with Gasteiger partial charge in [-0.25, -0.2) is 14.5 Å². The summed E-state index contributed by atoms with van der Waals surface area (Å²) in [5.41, 5.74) is 2.68. The fraction of sp³-hybridized carbons (Fsp3) is 0.250. The highest BCUT2D eigenvalue weighted by Crippen LogP contribution is 2.20. The minimum atomic E-state index is -0.323. The fourth-order valence-corrected chi connectivity index (χ4v) is 2.29. The molecule has 0 fully saturated rings. The van der Waals surface area contributed by atoms with Gasteiger partial charge in [-0.15, -0.1) is 0 Å². The number of aromatic nitrogens is 4. The second kappa shape index (κ2) is 7.05. The Morgan fingerprint density at radius 3 is 2.96 bits per heavy atom. The SMILES string of the molecule is COCCNC(=O)Nc1cc2cnn(-c3ccnc(C)c3)c2cn1. The molecule has 3 aromatic rings. The van der Waals surface area contributed by atoms with Crippen molar-refractivity contribution in [3.05, 3.63) is 42.5 Å². The molecule has 124 valence electrons. The lowest BCUT2D eigenvalue weighted by molar-refractivity contribution is 0.198. The molecule has 0 atom stereocenters. The molecule has 0 spiro atoms. The number of aryl methyl sites for hydroxylation is 1. The predicted octanol–water partition coefficient (Wildman–Crippen LogP) is 1.89. The topological polar surface area (TPSA) is 94.0 Å². The average Bonchev–Trinajstić information content (AvgIpc) is 2.98. The number of hydrogen-bond acceptors (Lipinski definition) is 5. The number of pyridine rings is 2. The molecule has 0 aliphatic carbocycles. The maximum Gasteiger partial charge on any atom is 0.320 e. The molecule has 0 aromatic carbocycles. The van der Waals surface area contributed by atoms with E-state index in [4.69, 9.17) is 4.74 Å². The van der Waals surface area contributed by atoms with Gasteiger partial charge in [0.25, 0.3) is 0 Å². The average molecular weight is 326 g/mol. The molecule has 8 nitrogen and oxygen atoms in total. The molecule has 0 radical (unpaired) electrons. The summed E-state index contributed by atoms with van der Waals surface area (Å²) >= 11 is 0. The van der Waals surface area contributed by atoms with Gasteiger partial charge in [-0.1, -0.05) is 0 Å². The summed E-state index contributed by atoms with van der Waals surface area (Å²) in [6.07, 6.45) is 5.16. The quantitative estimate of drug-likeness (QED) is 0.698. The zero-order valence-electron chi connectivity index (χ0n) is 13.5. The Kier molecular flexibility index (Phi) is 4.66. The first-order chi connectivity index (χ1) is 11.7. The summed E-state index contributed by atoms with van der Waals surface area (Å²) in [6, 6.07) is 5.29. The van der Waals surface area contributed by atoms with E-state index in [1.54, 1.807) is 36.4 Å². The Hall–Kier alpha value is -3.00. The molecule has 0 unspecified atom stereocenters. The lowest BCUT2D eigenvalue weighted by Crippen LogP contribution is -2.31. The number of nitrogens with zero attached hydrogens (tertiary/aromatic N) is 4. The van der Waals surface area contributed by atoms with Crippen LogP contribution in [0.2, 0.25) is 0 Å². The first-order valence-electron chi connectivity index (χ1n) is 7.48. The van der Waals surface area contributed by atoms with Gasteiger partial charge in [-0.2, -0.15) is 5.10 Å². The Balaban J connectivity index is 1.79. The molecule has 0 saturated heterocycles. The number of rotatable bonds is 5. The van der Waals surface area contributed by atoms with Crippen LogP contribution in [0.4, 0.5) is 10.6 Å². The van der Waals surface area contributed by atoms with Crippen molar-refractivity contribution >= 4 is 22.8 Å². The second-order valence-corrected chi connectivity index (χ2v) is 5.21. The third-order valence-corrected chi connectivity index (χ3v) is 3.41. The van der Waals surface area contributed by atoms with Crippen LogP contribution >= 0.6 is 0 Å². The minimum Gasteiger partial charge on any atom is -0.383 e. The van der Waals surface area contributed by atoms with E-state index in [0.717, 1.165) is 22.3 Å². The summed E-state index contributed by atoms with van der Waals surface area (Å²) in [5.74, 6) is 0.461. The van der Waals surface area contributed by atoms with Gasteiger partial charge in [-0.3, -0.25) is 10.3 Å². The van der Waals surface area contributed by atoms with Crippen LogP contribution in [-0.2, 0) is 4.74 Å². The zero-order valence-corrected chi connectivity index (χ0v) is 13.5. The number of carbonyl (C=O) groups is 1. The third-order valence-electron chi connectivity index (χ3n) is 3.41. The van der Waals surface area contributed by atoms with Gasteiger partial charge in [0.1, 0.15) is 5.82 Å². The number of urea groups is 1. The molecular formula is C16H18N6O2. The van der Waals surface area contributed by atoms with Gasteiger partial charge < -0.3 is 10.1 Å². The highest BCUT2D eigenvalue weighted by molar-refractivity contribution is 5.91. The largest absolute Gasteiger partial charge is 0.383 e. The Morgan fingerprint density at radius 2 is 2.17 bits per heavy atom. The Bertz CT molecular complexity index is 861. The lowest BCUT2D eigenvalue weighted by atomic mass is 10.3. The van der Waals surface area contributed by atoms with Crippen molar-refractivity contribution in [3.8, 4) is 5.69 Å². The van der Waals surface area contributed by atoms with E-state index in [1.165, 1.54) is 0 Å². The smallest absolute Gasteiger partial charge is 0.320 e. The number of fused-ring (bicyclic) bond motifs is 1. The van der Waals surface area contributed by atoms with Gasteiger partial charge in [0.2, 0.25) is 0 Å². The van der Waals surface area contributed by atoms with Gasteiger partial charge in [-0.05, 0) is 25.1 Å². The first-order valence-corrected chi connectivity index (χ1v) is 7.48. The molecule has 2 N–H and O–H groups in total. The van der Waals surface area contributed by atoms with Crippen LogP contribution in [0.25, 0.3) is 16.6 Å². The number of amides is 2. The first kappa shape index (κ1) is 15.9. The van der Waals surface area contributed by atoms with Crippen molar-refractivity contribution in [2.75, 3.05) is 25.6 Å². The monoisotopic (exact) mass is 326 g/mol. The van der Waals surface area contributed by atoms with Crippen molar-refractivity contribution in [2.24, 2.45) is 0 Å². The van der Waals surface area contributed by atoms with Crippen LogP contribution in [0.1, 0.15) is 5.69 Å². The molecule has 0 aliphatic heterocycles. The third kappa shape index (κ3) is 3.49. The number of hydrogen-bond donors (Lipinski definition) is 2. The molecule has 0 saturated carbocycles. The number of methoxy groups -OCH3 is 1. The van der Waals surface area contributed by atoms with Crippen molar-refractivity contribution in [2.45, 2.75) is 6.92 Å². The van der Waals surface area contributed by atoms with E-state index in [1.807, 2.05) is 19.1 Å². The van der Waals surface area contributed by atoms with Gasteiger partial charge in [0, 0.05) is 30.9 Å². The molecule has 3 rings (SSSR count). The summed E-state index contributed by atoms with van der Waals surface area (Å²) in [6.45, 7) is 2.82. The standard InChI is InChI=1S/C16H18N6O2/c1-11-7-13(3-4-17-11)22-14-10-19-15(8-12(14)9-20-22)21-16(23)18-5-6-24-2/h3-4,7-10H,5-6H2,1-2H3,(H2,18,19,21,23). The molecule has 8 heteroatoms. The number of nitrogens with one attached hydrogen (secondary N) is 2. The molecular weight excluding hydrogens is 308 g/mol. The molecule has 2 amide bonds. The van der Waals surface area contributed by atoms with Crippen LogP contribution < -0.4 is 10.6 Å². The molecule has 24 heavy (non-hydrogen) atoms. The van der Waals surface area contributed by atoms with E-state index in [-0.39, 0.29) is 6.03 Å². The summed E-state index contributed by atoms with van der Waals surface area (Å²) < 4.78 is 6.67. The van der Waals surface area contributed by atoms with Gasteiger partial charge >= 0.3 is 6.03 Å². The fourth-order valence-electron chi connectivity index (χ4n) is 2.29. The molecule has 3 aromatic heterocycles. The van der Waals surface area contributed by atoms with E-state index in [2.05, 4.69) is 25.7 Å². The number of anilines is 1. The predicted molar refractivity (Wildman–Crippen MR) is 90.3 cm³/mol. The Morgan fingerprint density at radius 1 is 1.29 bits per heavy atom. The lowest BCUT2D eigenvalue weighted by Gasteiger charge is -2.07. The van der Waals surface area contributed by atoms with E-state index >= 15 is 0 Å². The minimum absolute atomic E-state index is 0.323. The number of ether oxygens (including phenoxy) is 1. The molecule has 0 aliphatic rings. The van der Waals surface area contributed by atoms with Crippen molar-refractivity contribution in [1.82, 2.24) is 25.1 Å². The molecule has 0 bridgehead atoms. The van der Waals surface area contributed by atoms with Crippen molar-refractivity contribution < 1.29 is 9.53 Å². The van der Waals surface area contributed by atoms with Crippen molar-refractivity contribution in [1.29, 1.82) is 0 Å². The maximum absolute atomic E-state index is 11.7. The summed E-state index contributed by atoms with van der Waals surface area (Å²) in [7, 11) is 1.58. The van der Waals surface area contributed by atoms with E-state index in [9.17, 15) is 4.79 Å². The summed E-state index contributed by atoms with van der Waals surface area (Å²) in [5, 5.41) is 10.6. The Labute approximate surface area is 138 Å². The van der Waals surface area contributed by atoms with Crippen LogP contribution in [0.15, 0.2) is 36.8 Å². The van der Waals surface area contributed by atoms with Crippen LogP contribution in [0.3, 0.4) is 0 Å². The second-order valence-electron chi connectivity index (χ2n) is 5.21.